The molecule has 3 nitrogen and oxygen atoms in total. The minimum atomic E-state index is -0.0125. The van der Waals surface area contributed by atoms with E-state index >= 15 is 0 Å². The smallest absolute Gasteiger partial charge is 0.0479 e. The molecule has 0 saturated carbocycles. The number of nitrogens with zero attached hydrogens (tertiary/aromatic N) is 1. The SMILES string of the molecule is COCCC1(N)CC(C)N(C)C(C)C1. The first-order chi connectivity index (χ1) is 6.48. The van der Waals surface area contributed by atoms with Gasteiger partial charge in [-0.25, -0.2) is 0 Å². The third kappa shape index (κ3) is 2.69. The maximum absolute atomic E-state index is 6.38. The summed E-state index contributed by atoms with van der Waals surface area (Å²) in [5.74, 6) is 0. The topological polar surface area (TPSA) is 38.5 Å². The molecule has 2 N–H and O–H groups in total. The molecule has 2 unspecified atom stereocenters. The van der Waals surface area contributed by atoms with Crippen molar-refractivity contribution in [1.82, 2.24) is 4.90 Å². The molecule has 3 heteroatoms. The minimum absolute atomic E-state index is 0.0125. The Morgan fingerprint density at radius 1 is 1.36 bits per heavy atom. The molecule has 0 bridgehead atoms. The van der Waals surface area contributed by atoms with Crippen LogP contribution in [0.25, 0.3) is 0 Å². The summed E-state index contributed by atoms with van der Waals surface area (Å²) >= 11 is 0. The lowest BCUT2D eigenvalue weighted by molar-refractivity contribution is 0.0603. The van der Waals surface area contributed by atoms with Gasteiger partial charge in [-0.15, -0.1) is 0 Å². The van der Waals surface area contributed by atoms with Crippen molar-refractivity contribution < 1.29 is 4.74 Å². The molecule has 1 saturated heterocycles. The summed E-state index contributed by atoms with van der Waals surface area (Å²) < 4.78 is 5.11. The predicted octanol–water partition coefficient (Wildman–Crippen LogP) is 1.22. The lowest BCUT2D eigenvalue weighted by atomic mass is 9.79. The molecule has 0 aliphatic carbocycles. The van der Waals surface area contributed by atoms with Gasteiger partial charge in [0, 0.05) is 31.3 Å². The van der Waals surface area contributed by atoms with Crippen LogP contribution in [0.5, 0.6) is 0 Å². The first-order valence-electron chi connectivity index (χ1n) is 5.48. The molecular formula is C11H24N2O. The van der Waals surface area contributed by atoms with Gasteiger partial charge in [0.15, 0.2) is 0 Å². The van der Waals surface area contributed by atoms with E-state index in [0.29, 0.717) is 12.1 Å². The fourth-order valence-corrected chi connectivity index (χ4v) is 2.49. The third-order valence-corrected chi connectivity index (χ3v) is 3.60. The van der Waals surface area contributed by atoms with Crippen molar-refractivity contribution in [2.24, 2.45) is 5.73 Å². The molecule has 0 aromatic carbocycles. The zero-order chi connectivity index (χ0) is 10.8. The minimum Gasteiger partial charge on any atom is -0.385 e. The van der Waals surface area contributed by atoms with Crippen molar-refractivity contribution in [3.63, 3.8) is 0 Å². The Bertz CT molecular complexity index is 172. The van der Waals surface area contributed by atoms with Crippen LogP contribution in [-0.4, -0.2) is 43.3 Å². The molecule has 14 heavy (non-hydrogen) atoms. The summed E-state index contributed by atoms with van der Waals surface area (Å²) in [4.78, 5) is 2.41. The molecule has 1 heterocycles. The second-order valence-corrected chi connectivity index (χ2v) is 4.88. The summed E-state index contributed by atoms with van der Waals surface area (Å²) in [6.07, 6.45) is 3.14. The van der Waals surface area contributed by atoms with Gasteiger partial charge in [0.2, 0.25) is 0 Å². The summed E-state index contributed by atoms with van der Waals surface area (Å²) in [6.45, 7) is 5.29. The molecule has 0 aromatic heterocycles. The Kier molecular flexibility index (Phi) is 3.93. The zero-order valence-corrected chi connectivity index (χ0v) is 9.92. The average molecular weight is 200 g/mol. The molecule has 1 fully saturated rings. The lowest BCUT2D eigenvalue weighted by Gasteiger charge is -2.46. The van der Waals surface area contributed by atoms with E-state index in [1.165, 1.54) is 0 Å². The van der Waals surface area contributed by atoms with Crippen molar-refractivity contribution in [3.05, 3.63) is 0 Å². The van der Waals surface area contributed by atoms with Gasteiger partial charge in [-0.05, 0) is 40.2 Å². The van der Waals surface area contributed by atoms with E-state index in [1.807, 2.05) is 0 Å². The highest BCUT2D eigenvalue weighted by Crippen LogP contribution is 2.30. The van der Waals surface area contributed by atoms with Crippen LogP contribution in [0.1, 0.15) is 33.1 Å². The largest absolute Gasteiger partial charge is 0.385 e. The fraction of sp³-hybridized carbons (Fsp3) is 1.00. The van der Waals surface area contributed by atoms with Gasteiger partial charge in [-0.2, -0.15) is 0 Å². The number of likely N-dealkylation sites (tertiary alicyclic amines) is 1. The Balaban J connectivity index is 2.54. The molecule has 1 aliphatic heterocycles. The quantitative estimate of drug-likeness (QED) is 0.744. The summed E-state index contributed by atoms with van der Waals surface area (Å²) in [5.41, 5.74) is 6.37. The molecule has 2 atom stereocenters. The van der Waals surface area contributed by atoms with Crippen molar-refractivity contribution in [1.29, 1.82) is 0 Å². The van der Waals surface area contributed by atoms with E-state index in [-0.39, 0.29) is 5.54 Å². The molecule has 0 radical (unpaired) electrons. The van der Waals surface area contributed by atoms with E-state index in [0.717, 1.165) is 25.9 Å². The number of piperidine rings is 1. The normalized spacial score (nSPS) is 40.1. The van der Waals surface area contributed by atoms with E-state index in [9.17, 15) is 0 Å². The Labute approximate surface area is 87.6 Å². The monoisotopic (exact) mass is 200 g/mol. The molecule has 84 valence electrons. The Morgan fingerprint density at radius 2 is 1.86 bits per heavy atom. The van der Waals surface area contributed by atoms with Crippen LogP contribution in [0.2, 0.25) is 0 Å². The molecular weight excluding hydrogens is 176 g/mol. The van der Waals surface area contributed by atoms with Crippen LogP contribution < -0.4 is 5.73 Å². The van der Waals surface area contributed by atoms with Crippen LogP contribution in [0.3, 0.4) is 0 Å². The van der Waals surface area contributed by atoms with Crippen LogP contribution >= 0.6 is 0 Å². The van der Waals surface area contributed by atoms with Crippen LogP contribution in [0.15, 0.2) is 0 Å². The first kappa shape index (κ1) is 12.0. The number of hydrogen-bond donors (Lipinski definition) is 1. The number of methoxy groups -OCH3 is 1. The Hall–Kier alpha value is -0.120. The Morgan fingerprint density at radius 3 is 2.29 bits per heavy atom. The van der Waals surface area contributed by atoms with Gasteiger partial charge < -0.3 is 15.4 Å². The molecule has 1 rings (SSSR count). The van der Waals surface area contributed by atoms with Gasteiger partial charge in [-0.1, -0.05) is 0 Å². The van der Waals surface area contributed by atoms with Gasteiger partial charge in [0.05, 0.1) is 0 Å². The third-order valence-electron chi connectivity index (χ3n) is 3.60. The van der Waals surface area contributed by atoms with E-state index in [1.54, 1.807) is 7.11 Å². The number of hydrogen-bond acceptors (Lipinski definition) is 3. The van der Waals surface area contributed by atoms with Crippen LogP contribution in [0, 0.1) is 0 Å². The lowest BCUT2D eigenvalue weighted by Crippen LogP contribution is -2.56. The zero-order valence-electron chi connectivity index (χ0n) is 9.92. The van der Waals surface area contributed by atoms with E-state index in [2.05, 4.69) is 25.8 Å². The highest BCUT2D eigenvalue weighted by Gasteiger charge is 2.36. The standard InChI is InChI=1S/C11H24N2O/c1-9-7-11(12,5-6-14-4)8-10(2)13(9)3/h9-10H,5-8,12H2,1-4H3. The highest BCUT2D eigenvalue weighted by atomic mass is 16.5. The molecule has 1 aliphatic rings. The molecule has 0 spiro atoms. The van der Waals surface area contributed by atoms with Gasteiger partial charge >= 0.3 is 0 Å². The van der Waals surface area contributed by atoms with Crippen molar-refractivity contribution >= 4 is 0 Å². The number of rotatable bonds is 3. The van der Waals surface area contributed by atoms with Crippen LogP contribution in [-0.2, 0) is 4.74 Å². The second kappa shape index (κ2) is 4.60. The maximum Gasteiger partial charge on any atom is 0.0479 e. The van der Waals surface area contributed by atoms with Gasteiger partial charge in [-0.3, -0.25) is 0 Å². The van der Waals surface area contributed by atoms with Crippen molar-refractivity contribution in [2.75, 3.05) is 20.8 Å². The van der Waals surface area contributed by atoms with E-state index < -0.39 is 0 Å². The molecule has 0 aromatic rings. The summed E-state index contributed by atoms with van der Waals surface area (Å²) in [5, 5.41) is 0. The highest BCUT2D eigenvalue weighted by molar-refractivity contribution is 4.96. The average Bonchev–Trinajstić information content (AvgIpc) is 2.11. The second-order valence-electron chi connectivity index (χ2n) is 4.88. The van der Waals surface area contributed by atoms with Gasteiger partial charge in [0.1, 0.15) is 0 Å². The van der Waals surface area contributed by atoms with Crippen molar-refractivity contribution in [2.45, 2.75) is 50.7 Å². The first-order valence-corrected chi connectivity index (χ1v) is 5.48. The summed E-state index contributed by atoms with van der Waals surface area (Å²) in [6, 6.07) is 1.17. The fourth-order valence-electron chi connectivity index (χ4n) is 2.49. The summed E-state index contributed by atoms with van der Waals surface area (Å²) in [7, 11) is 3.93. The maximum atomic E-state index is 6.38. The van der Waals surface area contributed by atoms with Crippen molar-refractivity contribution in [3.8, 4) is 0 Å². The van der Waals surface area contributed by atoms with E-state index in [4.69, 9.17) is 10.5 Å². The number of nitrogens with two attached hydrogens (primary N) is 1. The van der Waals surface area contributed by atoms with Gasteiger partial charge in [0.25, 0.3) is 0 Å². The predicted molar refractivity (Wildman–Crippen MR) is 59.3 cm³/mol. The molecule has 0 amide bonds. The van der Waals surface area contributed by atoms with Crippen LogP contribution in [0.4, 0.5) is 0 Å². The number of ether oxygens (including phenoxy) is 1.